The van der Waals surface area contributed by atoms with Crippen molar-refractivity contribution >= 4 is 10.0 Å². The maximum absolute atomic E-state index is 12.0. The van der Waals surface area contributed by atoms with Gasteiger partial charge in [0.25, 0.3) is 0 Å². The lowest BCUT2D eigenvalue weighted by molar-refractivity contribution is 0.0910. The molecule has 0 bridgehead atoms. The number of rotatable bonds is 6. The molecule has 1 heterocycles. The minimum absolute atomic E-state index is 0.00320. The number of hydrogen-bond donors (Lipinski definition) is 1. The second-order valence-corrected chi connectivity index (χ2v) is 7.18. The molecule has 0 saturated carbocycles. The van der Waals surface area contributed by atoms with Gasteiger partial charge < -0.3 is 9.64 Å². The van der Waals surface area contributed by atoms with Crippen molar-refractivity contribution < 1.29 is 13.2 Å². The maximum atomic E-state index is 12.0. The number of nitrogens with one attached hydrogen (secondary N) is 1. The first-order chi connectivity index (χ1) is 8.79. The van der Waals surface area contributed by atoms with Crippen molar-refractivity contribution in [1.29, 1.82) is 5.26 Å². The SMILES string of the molecule is CC(C)OCCS(=O)(=O)NC1(C#N)CCN(C)CC1. The van der Waals surface area contributed by atoms with E-state index in [9.17, 15) is 13.7 Å². The summed E-state index contributed by atoms with van der Waals surface area (Å²) in [6.45, 7) is 5.30. The zero-order valence-corrected chi connectivity index (χ0v) is 12.7. The molecule has 0 aliphatic carbocycles. The van der Waals surface area contributed by atoms with Crippen LogP contribution in [-0.4, -0.2) is 57.5 Å². The summed E-state index contributed by atoms with van der Waals surface area (Å²) in [5.41, 5.74) is -0.955. The van der Waals surface area contributed by atoms with Crippen LogP contribution in [0.1, 0.15) is 26.7 Å². The van der Waals surface area contributed by atoms with Gasteiger partial charge in [-0.3, -0.25) is 0 Å². The van der Waals surface area contributed by atoms with Gasteiger partial charge in [0.2, 0.25) is 10.0 Å². The molecule has 6 nitrogen and oxygen atoms in total. The molecule has 0 aromatic rings. The first-order valence-corrected chi connectivity index (χ1v) is 8.17. The average Bonchev–Trinajstić information content (AvgIpc) is 2.31. The Bertz CT molecular complexity index is 420. The summed E-state index contributed by atoms with van der Waals surface area (Å²) >= 11 is 0. The van der Waals surface area contributed by atoms with Crippen LogP contribution in [0.25, 0.3) is 0 Å². The van der Waals surface area contributed by atoms with Crippen molar-refractivity contribution in [2.75, 3.05) is 32.5 Å². The minimum Gasteiger partial charge on any atom is -0.378 e. The highest BCUT2D eigenvalue weighted by atomic mass is 32.2. The highest BCUT2D eigenvalue weighted by Crippen LogP contribution is 2.21. The van der Waals surface area contributed by atoms with Crippen molar-refractivity contribution in [1.82, 2.24) is 9.62 Å². The Hall–Kier alpha value is -0.680. The molecule has 19 heavy (non-hydrogen) atoms. The summed E-state index contributed by atoms with van der Waals surface area (Å²) in [6.07, 6.45) is 1.04. The maximum Gasteiger partial charge on any atom is 0.215 e. The molecule has 0 aromatic heterocycles. The van der Waals surface area contributed by atoms with E-state index in [1.807, 2.05) is 20.9 Å². The van der Waals surface area contributed by atoms with Gasteiger partial charge in [0, 0.05) is 13.1 Å². The second kappa shape index (κ2) is 6.66. The van der Waals surface area contributed by atoms with E-state index in [0.29, 0.717) is 12.8 Å². The molecule has 0 unspecified atom stereocenters. The Morgan fingerprint density at radius 2 is 2.00 bits per heavy atom. The molecule has 0 spiro atoms. The van der Waals surface area contributed by atoms with E-state index in [-0.39, 0.29) is 18.5 Å². The molecule has 1 saturated heterocycles. The van der Waals surface area contributed by atoms with E-state index in [0.717, 1.165) is 13.1 Å². The van der Waals surface area contributed by atoms with Gasteiger partial charge in [-0.15, -0.1) is 0 Å². The fourth-order valence-corrected chi connectivity index (χ4v) is 3.24. The Morgan fingerprint density at radius 3 is 2.47 bits per heavy atom. The number of nitriles is 1. The van der Waals surface area contributed by atoms with Gasteiger partial charge in [0.15, 0.2) is 0 Å². The molecule has 0 aromatic carbocycles. The lowest BCUT2D eigenvalue weighted by Crippen LogP contribution is -2.54. The monoisotopic (exact) mass is 289 g/mol. The minimum atomic E-state index is -3.48. The third-order valence-electron chi connectivity index (χ3n) is 3.21. The summed E-state index contributed by atoms with van der Waals surface area (Å²) < 4.78 is 31.7. The van der Waals surface area contributed by atoms with Crippen LogP contribution in [0.15, 0.2) is 0 Å². The van der Waals surface area contributed by atoms with E-state index < -0.39 is 15.6 Å². The fourth-order valence-electron chi connectivity index (χ4n) is 1.98. The van der Waals surface area contributed by atoms with Gasteiger partial charge in [-0.1, -0.05) is 0 Å². The normalized spacial score (nSPS) is 20.4. The van der Waals surface area contributed by atoms with Crippen LogP contribution < -0.4 is 4.72 Å². The molecule has 7 heteroatoms. The van der Waals surface area contributed by atoms with Crippen LogP contribution in [0.5, 0.6) is 0 Å². The smallest absolute Gasteiger partial charge is 0.215 e. The van der Waals surface area contributed by atoms with Crippen molar-refractivity contribution in [3.05, 3.63) is 0 Å². The molecule has 1 N–H and O–H groups in total. The Morgan fingerprint density at radius 1 is 1.42 bits per heavy atom. The topological polar surface area (TPSA) is 82.4 Å². The number of hydrogen-bond acceptors (Lipinski definition) is 5. The van der Waals surface area contributed by atoms with E-state index >= 15 is 0 Å². The Kier molecular flexibility index (Phi) is 5.74. The van der Waals surface area contributed by atoms with Crippen molar-refractivity contribution in [2.24, 2.45) is 0 Å². The molecule has 0 amide bonds. The van der Waals surface area contributed by atoms with E-state index in [1.165, 1.54) is 0 Å². The van der Waals surface area contributed by atoms with Crippen LogP contribution in [-0.2, 0) is 14.8 Å². The van der Waals surface area contributed by atoms with Crippen molar-refractivity contribution in [3.8, 4) is 6.07 Å². The summed E-state index contributed by atoms with van der Waals surface area (Å²) in [6, 6.07) is 2.14. The first kappa shape index (κ1) is 16.4. The quantitative estimate of drug-likeness (QED) is 0.761. The van der Waals surface area contributed by atoms with Gasteiger partial charge in [0.1, 0.15) is 5.54 Å². The first-order valence-electron chi connectivity index (χ1n) is 6.52. The molecule has 1 fully saturated rings. The summed E-state index contributed by atoms with van der Waals surface area (Å²) in [7, 11) is -1.52. The molecule has 1 aliphatic rings. The highest BCUT2D eigenvalue weighted by Gasteiger charge is 2.37. The summed E-state index contributed by atoms with van der Waals surface area (Å²) in [5, 5.41) is 9.28. The van der Waals surface area contributed by atoms with Gasteiger partial charge in [-0.05, 0) is 33.7 Å². The predicted molar refractivity (Wildman–Crippen MR) is 73.1 cm³/mol. The lowest BCUT2D eigenvalue weighted by atomic mass is 9.91. The third kappa shape index (κ3) is 5.45. The van der Waals surface area contributed by atoms with E-state index in [1.54, 1.807) is 0 Å². The Labute approximate surface area is 115 Å². The van der Waals surface area contributed by atoms with Crippen LogP contribution in [0, 0.1) is 11.3 Å². The lowest BCUT2D eigenvalue weighted by Gasteiger charge is -2.35. The van der Waals surface area contributed by atoms with Crippen molar-refractivity contribution in [2.45, 2.75) is 38.3 Å². The third-order valence-corrected chi connectivity index (χ3v) is 4.61. The van der Waals surface area contributed by atoms with Crippen LogP contribution in [0.2, 0.25) is 0 Å². The fraction of sp³-hybridized carbons (Fsp3) is 0.917. The second-order valence-electron chi connectivity index (χ2n) is 5.34. The molecular weight excluding hydrogens is 266 g/mol. The van der Waals surface area contributed by atoms with Crippen LogP contribution in [0.3, 0.4) is 0 Å². The van der Waals surface area contributed by atoms with E-state index in [4.69, 9.17) is 4.74 Å². The largest absolute Gasteiger partial charge is 0.378 e. The Balaban J connectivity index is 2.57. The van der Waals surface area contributed by atoms with Crippen molar-refractivity contribution in [3.63, 3.8) is 0 Å². The van der Waals surface area contributed by atoms with Gasteiger partial charge in [-0.25, -0.2) is 8.42 Å². The van der Waals surface area contributed by atoms with Gasteiger partial charge >= 0.3 is 0 Å². The molecule has 0 radical (unpaired) electrons. The predicted octanol–water partition coefficient (Wildman–Crippen LogP) is 0.319. The molecule has 0 atom stereocenters. The standard InChI is InChI=1S/C12H23N3O3S/c1-11(2)18-8-9-19(16,17)14-12(10-13)4-6-15(3)7-5-12/h11,14H,4-9H2,1-3H3. The molecular formula is C12H23N3O3S. The zero-order valence-electron chi connectivity index (χ0n) is 11.8. The van der Waals surface area contributed by atoms with E-state index in [2.05, 4.69) is 15.7 Å². The number of piperidine rings is 1. The molecule has 1 aliphatic heterocycles. The number of ether oxygens (including phenoxy) is 1. The zero-order chi connectivity index (χ0) is 14.5. The number of nitrogens with zero attached hydrogens (tertiary/aromatic N) is 2. The highest BCUT2D eigenvalue weighted by molar-refractivity contribution is 7.89. The number of sulfonamides is 1. The van der Waals surface area contributed by atoms with Gasteiger partial charge in [0.05, 0.1) is 24.5 Å². The summed E-state index contributed by atoms with van der Waals surface area (Å²) in [4.78, 5) is 2.09. The molecule has 1 rings (SSSR count). The summed E-state index contributed by atoms with van der Waals surface area (Å²) in [5.74, 6) is -0.107. The average molecular weight is 289 g/mol. The molecule has 110 valence electrons. The van der Waals surface area contributed by atoms with Gasteiger partial charge in [-0.2, -0.15) is 9.98 Å². The van der Waals surface area contributed by atoms with Crippen LogP contribution in [0.4, 0.5) is 0 Å². The number of likely N-dealkylation sites (tertiary alicyclic amines) is 1. The van der Waals surface area contributed by atoms with Crippen LogP contribution >= 0.6 is 0 Å².